The number of hydrogen-bond acceptors (Lipinski definition) is 6. The molecule has 0 aliphatic rings. The van der Waals surface area contributed by atoms with Crippen molar-refractivity contribution in [3.63, 3.8) is 0 Å². The van der Waals surface area contributed by atoms with Crippen LogP contribution in [0, 0.1) is 0 Å². The van der Waals surface area contributed by atoms with Gasteiger partial charge in [-0.2, -0.15) is 10.2 Å². The van der Waals surface area contributed by atoms with Crippen LogP contribution in [0.5, 0.6) is 11.8 Å². The summed E-state index contributed by atoms with van der Waals surface area (Å²) in [6.07, 6.45) is 3.19. The van der Waals surface area contributed by atoms with Crippen molar-refractivity contribution >= 4 is 7.69 Å². The van der Waals surface area contributed by atoms with Gasteiger partial charge in [0.2, 0.25) is 0 Å². The predicted molar refractivity (Wildman–Crippen MR) is 88.8 cm³/mol. The van der Waals surface area contributed by atoms with Crippen LogP contribution in [0.15, 0.2) is 57.8 Å². The minimum absolute atomic E-state index is 0.514. The molecule has 0 unspecified atom stereocenters. The van der Waals surface area contributed by atoms with E-state index in [-0.39, 0.29) is 0 Å². The highest BCUT2D eigenvalue weighted by Crippen LogP contribution is 2.24. The van der Waals surface area contributed by atoms with E-state index in [1.807, 2.05) is 12.1 Å². The topological polar surface area (TPSA) is 80.4 Å². The van der Waals surface area contributed by atoms with E-state index in [2.05, 4.69) is 10.2 Å². The average Bonchev–Trinajstić information content (AvgIpc) is 3.35. The second kappa shape index (κ2) is 6.27. The lowest BCUT2D eigenvalue weighted by molar-refractivity contribution is 0.408. The van der Waals surface area contributed by atoms with Crippen molar-refractivity contribution in [2.45, 2.75) is 0 Å². The fourth-order valence-electron chi connectivity index (χ4n) is 2.33. The van der Waals surface area contributed by atoms with Gasteiger partial charge in [-0.3, -0.25) is 0 Å². The first-order valence-corrected chi connectivity index (χ1v) is 7.51. The smallest absolute Gasteiger partial charge is 0.512 e. The number of nitrogens with zero attached hydrogens (tertiary/aromatic N) is 4. The summed E-state index contributed by atoms with van der Waals surface area (Å²) in [6.45, 7) is 0. The molecule has 0 amide bonds. The third-order valence-corrected chi connectivity index (χ3v) is 3.56. The van der Waals surface area contributed by atoms with Gasteiger partial charge in [-0.25, -0.2) is 9.36 Å². The van der Waals surface area contributed by atoms with Gasteiger partial charge >= 0.3 is 7.69 Å². The van der Waals surface area contributed by atoms with Crippen LogP contribution in [0.1, 0.15) is 0 Å². The molecule has 0 aromatic carbocycles. The molecule has 25 heavy (non-hydrogen) atoms. The van der Waals surface area contributed by atoms with E-state index in [0.717, 1.165) is 0 Å². The Kier molecular flexibility index (Phi) is 3.81. The normalized spacial score (nSPS) is 10.8. The molecule has 0 N–H and O–H groups in total. The third-order valence-electron chi connectivity index (χ3n) is 3.56. The molecule has 1 radical (unpaired) electrons. The average molecular weight is 337 g/mol. The number of aryl methyl sites for hydroxylation is 2. The van der Waals surface area contributed by atoms with Crippen LogP contribution in [-0.2, 0) is 14.1 Å². The van der Waals surface area contributed by atoms with Crippen molar-refractivity contribution in [2.24, 2.45) is 14.1 Å². The Balaban J connectivity index is 1.41. The molecule has 8 nitrogen and oxygen atoms in total. The molecule has 0 aliphatic carbocycles. The molecule has 0 spiro atoms. The van der Waals surface area contributed by atoms with Crippen LogP contribution in [0.25, 0.3) is 22.9 Å². The van der Waals surface area contributed by atoms with E-state index < -0.39 is 0 Å². The van der Waals surface area contributed by atoms with Crippen LogP contribution >= 0.6 is 0 Å². The van der Waals surface area contributed by atoms with Gasteiger partial charge < -0.3 is 18.1 Å². The van der Waals surface area contributed by atoms with Gasteiger partial charge in [0.15, 0.2) is 23.3 Å². The predicted octanol–water partition coefficient (Wildman–Crippen LogP) is 2.67. The number of furan rings is 2. The maximum absolute atomic E-state index is 5.52. The largest absolute Gasteiger partial charge is 0.660 e. The Morgan fingerprint density at radius 3 is 1.72 bits per heavy atom. The van der Waals surface area contributed by atoms with Crippen molar-refractivity contribution < 1.29 is 18.1 Å². The first-order chi connectivity index (χ1) is 12.2. The number of aromatic nitrogens is 4. The van der Waals surface area contributed by atoms with E-state index in [9.17, 15) is 0 Å². The zero-order valence-electron chi connectivity index (χ0n) is 13.6. The van der Waals surface area contributed by atoms with Gasteiger partial charge in [-0.1, -0.05) is 0 Å². The van der Waals surface area contributed by atoms with Crippen LogP contribution in [0.2, 0.25) is 0 Å². The maximum atomic E-state index is 5.52. The molecule has 0 atom stereocenters. The van der Waals surface area contributed by atoms with E-state index in [1.54, 1.807) is 60.3 Å². The molecule has 4 heterocycles. The Morgan fingerprint density at radius 1 is 0.840 bits per heavy atom. The summed E-state index contributed by atoms with van der Waals surface area (Å²) in [5, 5.41) is 8.65. The summed E-state index contributed by atoms with van der Waals surface area (Å²) in [7, 11) is 4.77. The van der Waals surface area contributed by atoms with E-state index in [1.165, 1.54) is 7.69 Å². The molecule has 4 rings (SSSR count). The summed E-state index contributed by atoms with van der Waals surface area (Å²) in [4.78, 5) is 0. The molecule has 4 aromatic heterocycles. The molecule has 0 fully saturated rings. The van der Waals surface area contributed by atoms with Gasteiger partial charge in [-0.15, -0.1) is 0 Å². The maximum Gasteiger partial charge on any atom is 0.660 e. The molecule has 0 saturated carbocycles. The molecular formula is C16H14BN4O4. The SMILES string of the molecule is Cn1nc(-c2ccco2)cc1O[B]Oc1cc(-c2ccco2)nn1C. The Bertz CT molecular complexity index is 878. The highest BCUT2D eigenvalue weighted by atomic mass is 16.6. The van der Waals surface area contributed by atoms with Gasteiger partial charge in [-0.05, 0) is 24.3 Å². The quantitative estimate of drug-likeness (QED) is 0.503. The second-order valence-electron chi connectivity index (χ2n) is 5.27. The van der Waals surface area contributed by atoms with E-state index in [4.69, 9.17) is 18.1 Å². The van der Waals surface area contributed by atoms with Crippen molar-refractivity contribution in [3.05, 3.63) is 48.9 Å². The minimum Gasteiger partial charge on any atom is -0.512 e. The van der Waals surface area contributed by atoms with E-state index >= 15 is 0 Å². The number of rotatable bonds is 6. The molecule has 125 valence electrons. The lowest BCUT2D eigenvalue weighted by atomic mass is 10.3. The monoisotopic (exact) mass is 337 g/mol. The first-order valence-electron chi connectivity index (χ1n) is 7.51. The lowest BCUT2D eigenvalue weighted by Crippen LogP contribution is -2.14. The molecular weight excluding hydrogens is 323 g/mol. The Morgan fingerprint density at radius 2 is 1.32 bits per heavy atom. The van der Waals surface area contributed by atoms with Gasteiger partial charge in [0.25, 0.3) is 0 Å². The van der Waals surface area contributed by atoms with Crippen molar-refractivity contribution in [1.29, 1.82) is 0 Å². The highest BCUT2D eigenvalue weighted by Gasteiger charge is 2.14. The fraction of sp³-hybridized carbons (Fsp3) is 0.125. The molecule has 0 bridgehead atoms. The van der Waals surface area contributed by atoms with Crippen molar-refractivity contribution in [3.8, 4) is 34.7 Å². The molecule has 9 heteroatoms. The third kappa shape index (κ3) is 3.03. The van der Waals surface area contributed by atoms with Crippen LogP contribution in [0.3, 0.4) is 0 Å². The standard InChI is InChI=1S/C16H14BN4O4/c1-20-15(9-11(18-20)13-5-3-7-22-13)24-17-25-16-10-12(19-21(16)2)14-6-4-8-23-14/h3-10H,1-2H3. The summed E-state index contributed by atoms with van der Waals surface area (Å²) < 4.78 is 24.9. The molecule has 0 saturated heterocycles. The fourth-order valence-corrected chi connectivity index (χ4v) is 2.33. The van der Waals surface area contributed by atoms with E-state index in [0.29, 0.717) is 34.7 Å². The second-order valence-corrected chi connectivity index (χ2v) is 5.27. The van der Waals surface area contributed by atoms with Gasteiger partial charge in [0.1, 0.15) is 11.4 Å². The highest BCUT2D eigenvalue weighted by molar-refractivity contribution is 6.20. The van der Waals surface area contributed by atoms with Gasteiger partial charge in [0, 0.05) is 26.2 Å². The molecule has 4 aromatic rings. The summed E-state index contributed by atoms with van der Waals surface area (Å²) >= 11 is 0. The Hall–Kier alpha value is -3.36. The van der Waals surface area contributed by atoms with Crippen LogP contribution in [0.4, 0.5) is 0 Å². The summed E-state index contributed by atoms with van der Waals surface area (Å²) in [5.74, 6) is 2.36. The summed E-state index contributed by atoms with van der Waals surface area (Å²) in [6, 6.07) is 10.8. The minimum atomic E-state index is 0.514. The molecule has 0 aliphatic heterocycles. The number of hydrogen-bond donors (Lipinski definition) is 0. The van der Waals surface area contributed by atoms with Crippen LogP contribution in [-0.4, -0.2) is 27.2 Å². The summed E-state index contributed by atoms with van der Waals surface area (Å²) in [5.41, 5.74) is 1.35. The van der Waals surface area contributed by atoms with Gasteiger partial charge in [0.05, 0.1) is 12.5 Å². The zero-order chi connectivity index (χ0) is 17.2. The van der Waals surface area contributed by atoms with Crippen LogP contribution < -0.4 is 9.31 Å². The zero-order valence-corrected chi connectivity index (χ0v) is 13.6. The lowest BCUT2D eigenvalue weighted by Gasteiger charge is -2.05. The Labute approximate surface area is 143 Å². The first kappa shape index (κ1) is 15.2. The van der Waals surface area contributed by atoms with Crippen molar-refractivity contribution in [1.82, 2.24) is 19.6 Å². The van der Waals surface area contributed by atoms with Crippen molar-refractivity contribution in [2.75, 3.05) is 0 Å².